The molecule has 310 valence electrons. The second-order valence-electron chi connectivity index (χ2n) is 17.2. The average molecular weight is 819 g/mol. The molecule has 8 atom stereocenters. The number of benzene rings is 1. The Kier molecular flexibility index (Phi) is 11.0. The van der Waals surface area contributed by atoms with E-state index in [9.17, 15) is 34.2 Å². The molecule has 3 aliphatic carbocycles. The summed E-state index contributed by atoms with van der Waals surface area (Å²) in [6.45, 7) is 12.5. The molecule has 58 heavy (non-hydrogen) atoms. The van der Waals surface area contributed by atoms with Gasteiger partial charge in [0.1, 0.15) is 47.0 Å². The Morgan fingerprint density at radius 1 is 1.03 bits per heavy atom. The summed E-state index contributed by atoms with van der Waals surface area (Å²) < 4.78 is 17.9. The summed E-state index contributed by atoms with van der Waals surface area (Å²) in [4.78, 5) is 76.6. The van der Waals surface area contributed by atoms with Crippen molar-refractivity contribution in [2.45, 2.75) is 103 Å². The van der Waals surface area contributed by atoms with Crippen LogP contribution in [0.25, 0.3) is 22.3 Å². The fourth-order valence-electron chi connectivity index (χ4n) is 8.09. The number of ether oxygens (including phenoxy) is 3. The molecule has 4 aliphatic rings. The third-order valence-corrected chi connectivity index (χ3v) is 12.1. The number of thiazole rings is 1. The average Bonchev–Trinajstić information content (AvgIpc) is 3.82. The Morgan fingerprint density at radius 3 is 2.41 bits per heavy atom. The van der Waals surface area contributed by atoms with Gasteiger partial charge in [0, 0.05) is 41.3 Å². The van der Waals surface area contributed by atoms with Crippen LogP contribution in [0, 0.1) is 23.2 Å². The second-order valence-corrected chi connectivity index (χ2v) is 18.1. The van der Waals surface area contributed by atoms with Crippen molar-refractivity contribution in [1.29, 1.82) is 0 Å². The molecule has 5 N–H and O–H groups in total. The molecule has 3 aromatic rings. The smallest absolute Gasteiger partial charge is 0.408 e. The number of aromatic nitrogens is 2. The fourth-order valence-corrected chi connectivity index (χ4v) is 8.94. The van der Waals surface area contributed by atoms with E-state index < -0.39 is 71.5 Å². The molecule has 3 heterocycles. The van der Waals surface area contributed by atoms with Gasteiger partial charge in [-0.1, -0.05) is 26.8 Å². The molecule has 7 rings (SSSR count). The van der Waals surface area contributed by atoms with Gasteiger partial charge in [-0.05, 0) is 68.9 Å². The summed E-state index contributed by atoms with van der Waals surface area (Å²) in [5, 5.41) is 31.2. The van der Waals surface area contributed by atoms with E-state index in [4.69, 9.17) is 24.2 Å². The largest absolute Gasteiger partial charge is 0.488 e. The fraction of sp³-hybridized carbons (Fsp3) is 0.537. The molecule has 0 radical (unpaired) electrons. The molecule has 0 bridgehead atoms. The molecular weight excluding hydrogens is 769 g/mol. The van der Waals surface area contributed by atoms with E-state index in [1.807, 2.05) is 19.2 Å². The Morgan fingerprint density at radius 2 is 1.78 bits per heavy atom. The lowest BCUT2D eigenvalue weighted by atomic mass is 9.85. The molecule has 4 fully saturated rings. The van der Waals surface area contributed by atoms with Gasteiger partial charge in [0.05, 0.1) is 17.8 Å². The van der Waals surface area contributed by atoms with Crippen LogP contribution in [0.5, 0.6) is 11.5 Å². The minimum atomic E-state index is -1.55. The van der Waals surface area contributed by atoms with Gasteiger partial charge in [-0.15, -0.1) is 17.9 Å². The van der Waals surface area contributed by atoms with Crippen molar-refractivity contribution in [3.05, 3.63) is 42.3 Å². The molecular formula is C41H50N6O10S. The van der Waals surface area contributed by atoms with Crippen LogP contribution in [-0.2, 0) is 23.9 Å². The van der Waals surface area contributed by atoms with Crippen LogP contribution in [0.2, 0.25) is 0 Å². The van der Waals surface area contributed by atoms with E-state index in [1.165, 1.54) is 22.3 Å². The minimum absolute atomic E-state index is 0.00367. The van der Waals surface area contributed by atoms with Crippen molar-refractivity contribution in [3.63, 3.8) is 0 Å². The summed E-state index contributed by atoms with van der Waals surface area (Å²) in [7, 11) is 0. The summed E-state index contributed by atoms with van der Waals surface area (Å²) in [6, 6.07) is 4.48. The number of nitrogens with one attached hydrogen (secondary N) is 3. The zero-order valence-corrected chi connectivity index (χ0v) is 34.0. The molecule has 1 aromatic carbocycles. The number of hydrogen-bond acceptors (Lipinski definition) is 12. The molecule has 2 aromatic heterocycles. The predicted molar refractivity (Wildman–Crippen MR) is 214 cm³/mol. The van der Waals surface area contributed by atoms with Gasteiger partial charge >= 0.3 is 18.0 Å². The van der Waals surface area contributed by atoms with Crippen molar-refractivity contribution in [2.75, 3.05) is 18.5 Å². The van der Waals surface area contributed by atoms with Crippen molar-refractivity contribution < 1.29 is 48.4 Å². The topological polar surface area (TPSA) is 219 Å². The van der Waals surface area contributed by atoms with Crippen LogP contribution in [0.1, 0.15) is 66.7 Å². The van der Waals surface area contributed by atoms with E-state index in [0.717, 1.165) is 19.3 Å². The normalized spacial score (nSPS) is 26.3. The van der Waals surface area contributed by atoms with Gasteiger partial charge in [-0.3, -0.25) is 9.59 Å². The third kappa shape index (κ3) is 8.68. The zero-order chi connectivity index (χ0) is 41.7. The first-order valence-electron chi connectivity index (χ1n) is 19.6. The quantitative estimate of drug-likeness (QED) is 0.127. The van der Waals surface area contributed by atoms with E-state index in [2.05, 4.69) is 22.5 Å². The number of nitrogens with zero attached hydrogens (tertiary/aromatic N) is 3. The molecule has 1 saturated heterocycles. The number of pyridine rings is 1. The van der Waals surface area contributed by atoms with Crippen molar-refractivity contribution in [2.24, 2.45) is 23.2 Å². The summed E-state index contributed by atoms with van der Waals surface area (Å²) in [6.07, 6.45) is 2.71. The van der Waals surface area contributed by atoms with E-state index >= 15 is 0 Å². The van der Waals surface area contributed by atoms with Gasteiger partial charge in [-0.2, -0.15) is 0 Å². The van der Waals surface area contributed by atoms with Crippen LogP contribution in [0.4, 0.5) is 9.93 Å². The highest BCUT2D eigenvalue weighted by atomic mass is 32.1. The summed E-state index contributed by atoms with van der Waals surface area (Å²) in [5.41, 5.74) is -0.932. The number of likely N-dealkylation sites (tertiary alicyclic amines) is 1. The zero-order valence-electron chi connectivity index (χ0n) is 33.2. The van der Waals surface area contributed by atoms with E-state index in [1.54, 1.807) is 45.0 Å². The summed E-state index contributed by atoms with van der Waals surface area (Å²) >= 11 is 1.40. The molecule has 16 nitrogen and oxygen atoms in total. The molecule has 3 saturated carbocycles. The van der Waals surface area contributed by atoms with Crippen molar-refractivity contribution >= 4 is 57.2 Å². The van der Waals surface area contributed by atoms with Crippen LogP contribution >= 0.6 is 11.3 Å². The molecule has 1 aliphatic heterocycles. The molecule has 0 spiro atoms. The Balaban J connectivity index is 1.19. The number of carbonyl (C=O) groups is 5. The highest BCUT2D eigenvalue weighted by Gasteiger charge is 2.61. The first kappa shape index (κ1) is 40.7. The van der Waals surface area contributed by atoms with Crippen LogP contribution < -0.4 is 25.4 Å². The first-order valence-corrected chi connectivity index (χ1v) is 20.5. The van der Waals surface area contributed by atoms with Crippen LogP contribution in [0.15, 0.2) is 42.3 Å². The monoisotopic (exact) mass is 818 g/mol. The number of anilines is 1. The standard InChI is InChI=1S/C41H50N6O10S/c1-7-23-16-41(23,37(52)53)46-35(50)31-14-26(17-47(31)36(51)34(40(4,5)6)45-39(54)57-25-11-21-10-22(21)12-25)56-32-15-29(30-19-58-38(44-30)42-20(2)3)43-28-13-24(8-9-27(28)32)55-18-33(48)49/h7-9,13,15,19-23,25-26,31,34H,1,10-12,14,16-18H2,2-6H3,(H,42,44)(H,45,54)(H,46,50)(H,48,49)(H,52,53)/t21-,22+,23?,25+,26-,31+,34?,41-/m1/s1. The Labute approximate surface area is 339 Å². The lowest BCUT2D eigenvalue weighted by Gasteiger charge is -2.35. The van der Waals surface area contributed by atoms with E-state index in [0.29, 0.717) is 45.0 Å². The number of rotatable bonds is 15. The van der Waals surface area contributed by atoms with Crippen LogP contribution in [0.3, 0.4) is 0 Å². The van der Waals surface area contributed by atoms with Gasteiger partial charge in [0.25, 0.3) is 0 Å². The Hall–Kier alpha value is -5.45. The third-order valence-electron chi connectivity index (χ3n) is 11.3. The van der Waals surface area contributed by atoms with Crippen molar-refractivity contribution in [3.8, 4) is 22.9 Å². The minimum Gasteiger partial charge on any atom is -0.488 e. The predicted octanol–water partition coefficient (Wildman–Crippen LogP) is 5.08. The lowest BCUT2D eigenvalue weighted by molar-refractivity contribution is -0.146. The summed E-state index contributed by atoms with van der Waals surface area (Å²) in [5.74, 6) is -2.24. The number of alkyl carbamates (subject to hydrolysis) is 1. The lowest BCUT2D eigenvalue weighted by Crippen LogP contribution is -2.59. The van der Waals surface area contributed by atoms with Gasteiger partial charge in [0.2, 0.25) is 11.8 Å². The molecule has 2 unspecified atom stereocenters. The maximum atomic E-state index is 14.7. The number of aliphatic carboxylic acids is 2. The van der Waals surface area contributed by atoms with Gasteiger partial charge in [0.15, 0.2) is 11.7 Å². The number of hydrogen-bond donors (Lipinski definition) is 5. The second kappa shape index (κ2) is 15.7. The number of carbonyl (C=O) groups excluding carboxylic acids is 3. The van der Waals surface area contributed by atoms with Crippen LogP contribution in [-0.4, -0.2) is 104 Å². The highest BCUT2D eigenvalue weighted by molar-refractivity contribution is 7.14. The molecule has 3 amide bonds. The first-order chi connectivity index (χ1) is 27.4. The highest BCUT2D eigenvalue weighted by Crippen LogP contribution is 2.52. The maximum Gasteiger partial charge on any atom is 0.408 e. The Bertz CT molecular complexity index is 2120. The van der Waals surface area contributed by atoms with Crippen molar-refractivity contribution in [1.82, 2.24) is 25.5 Å². The molecule has 17 heteroatoms. The number of carboxylic acids is 2. The number of carboxylic acid groups (broad SMARTS) is 2. The number of fused-ring (bicyclic) bond motifs is 2. The number of amides is 3. The van der Waals surface area contributed by atoms with E-state index in [-0.39, 0.29) is 37.3 Å². The van der Waals surface area contributed by atoms with Gasteiger partial charge < -0.3 is 45.3 Å². The SMILES string of the molecule is C=CC1C[C@]1(NC(=O)[C@@H]1C[C@@H](Oc2cc(-c3csc(NC(C)C)n3)nc3cc(OCC(=O)O)ccc23)CN1C(=O)C(NC(=O)O[C@@H]1C[C@@H]2C[C@@H]2C1)C(C)(C)C)C(=O)O. The van der Waals surface area contributed by atoms with Gasteiger partial charge in [-0.25, -0.2) is 24.4 Å². The maximum absolute atomic E-state index is 14.7.